The third kappa shape index (κ3) is 3.41. The lowest BCUT2D eigenvalue weighted by Crippen LogP contribution is -2.53. The highest BCUT2D eigenvalue weighted by molar-refractivity contribution is 5.15. The first kappa shape index (κ1) is 15.3. The van der Waals surface area contributed by atoms with Gasteiger partial charge in [0.2, 0.25) is 0 Å². The van der Waals surface area contributed by atoms with Crippen LogP contribution in [0.1, 0.15) is 52.4 Å². The number of nitriles is 1. The molecule has 2 aliphatic carbocycles. The molecule has 3 unspecified atom stereocenters. The maximum atomic E-state index is 9.62. The smallest absolute Gasteiger partial charge is 0.108 e. The number of hydrogen-bond donors (Lipinski definition) is 1. The number of piperazine rings is 1. The lowest BCUT2D eigenvalue weighted by molar-refractivity contribution is 0.0724. The summed E-state index contributed by atoms with van der Waals surface area (Å²) in [5.74, 6) is 0. The molecule has 21 heavy (non-hydrogen) atoms. The summed E-state index contributed by atoms with van der Waals surface area (Å²) >= 11 is 0. The summed E-state index contributed by atoms with van der Waals surface area (Å²) in [6, 6.07) is 4.57. The van der Waals surface area contributed by atoms with Gasteiger partial charge in [-0.25, -0.2) is 0 Å². The molecule has 0 amide bonds. The van der Waals surface area contributed by atoms with Crippen LogP contribution in [0, 0.1) is 11.3 Å². The van der Waals surface area contributed by atoms with E-state index in [1.807, 2.05) is 0 Å². The Bertz CT molecular complexity index is 392. The molecule has 0 aromatic carbocycles. The summed E-state index contributed by atoms with van der Waals surface area (Å²) in [6.07, 6.45) is 7.03. The largest absolute Gasteiger partial charge is 0.298 e. The molecular weight excluding hydrogens is 260 g/mol. The first-order valence-corrected chi connectivity index (χ1v) is 8.83. The minimum Gasteiger partial charge on any atom is -0.298 e. The molecule has 3 aliphatic rings. The number of rotatable bonds is 5. The molecule has 4 nitrogen and oxygen atoms in total. The summed E-state index contributed by atoms with van der Waals surface area (Å²) in [5, 5.41) is 13.2. The number of nitrogens with one attached hydrogen (secondary N) is 1. The Balaban J connectivity index is 1.51. The molecule has 118 valence electrons. The first-order chi connectivity index (χ1) is 10.2. The van der Waals surface area contributed by atoms with Crippen LogP contribution in [0.15, 0.2) is 0 Å². The Hall–Kier alpha value is -0.630. The summed E-state index contributed by atoms with van der Waals surface area (Å²) < 4.78 is 0. The van der Waals surface area contributed by atoms with Gasteiger partial charge in [-0.1, -0.05) is 6.92 Å². The number of nitrogens with zero attached hydrogens (tertiary/aromatic N) is 3. The van der Waals surface area contributed by atoms with Gasteiger partial charge in [0, 0.05) is 44.3 Å². The molecule has 0 aromatic rings. The Morgan fingerprint density at radius 3 is 2.52 bits per heavy atom. The van der Waals surface area contributed by atoms with Crippen LogP contribution in [-0.2, 0) is 0 Å². The van der Waals surface area contributed by atoms with E-state index in [0.717, 1.165) is 12.8 Å². The fourth-order valence-electron chi connectivity index (χ4n) is 4.02. The van der Waals surface area contributed by atoms with Crippen molar-refractivity contribution >= 4 is 0 Å². The van der Waals surface area contributed by atoms with Crippen LogP contribution < -0.4 is 5.32 Å². The minimum absolute atomic E-state index is 0.223. The van der Waals surface area contributed by atoms with Gasteiger partial charge in [0.05, 0.1) is 6.07 Å². The highest BCUT2D eigenvalue weighted by Gasteiger charge is 2.44. The second-order valence-corrected chi connectivity index (χ2v) is 7.34. The third-order valence-electron chi connectivity index (χ3n) is 5.84. The molecule has 0 aromatic heterocycles. The van der Waals surface area contributed by atoms with Crippen LogP contribution in [0.25, 0.3) is 0 Å². The fraction of sp³-hybridized carbons (Fsp3) is 0.941. The van der Waals surface area contributed by atoms with Crippen LogP contribution in [-0.4, -0.2) is 59.6 Å². The SMILES string of the molecule is CCC(C)N1CCN(C2CCC(C#N)(NC3CC3)C2)CC1. The van der Waals surface area contributed by atoms with E-state index in [-0.39, 0.29) is 5.54 Å². The first-order valence-electron chi connectivity index (χ1n) is 8.83. The van der Waals surface area contributed by atoms with Gasteiger partial charge in [-0.3, -0.25) is 15.1 Å². The van der Waals surface area contributed by atoms with Crippen molar-refractivity contribution in [1.82, 2.24) is 15.1 Å². The van der Waals surface area contributed by atoms with Crippen LogP contribution in [0.3, 0.4) is 0 Å². The van der Waals surface area contributed by atoms with Crippen LogP contribution in [0.5, 0.6) is 0 Å². The Morgan fingerprint density at radius 2 is 1.95 bits per heavy atom. The molecule has 2 saturated carbocycles. The van der Waals surface area contributed by atoms with Crippen LogP contribution in [0.2, 0.25) is 0 Å². The lowest BCUT2D eigenvalue weighted by Gasteiger charge is -2.40. The van der Waals surface area contributed by atoms with Gasteiger partial charge in [0.25, 0.3) is 0 Å². The topological polar surface area (TPSA) is 42.3 Å². The summed E-state index contributed by atoms with van der Waals surface area (Å²) in [6.45, 7) is 9.37. The van der Waals surface area contributed by atoms with Gasteiger partial charge < -0.3 is 0 Å². The Labute approximate surface area is 129 Å². The second kappa shape index (κ2) is 6.24. The van der Waals surface area contributed by atoms with E-state index in [9.17, 15) is 5.26 Å². The molecule has 1 heterocycles. The van der Waals surface area contributed by atoms with E-state index in [1.165, 1.54) is 51.9 Å². The summed E-state index contributed by atoms with van der Waals surface area (Å²) in [5.41, 5.74) is -0.223. The molecule has 1 aliphatic heterocycles. The average molecular weight is 290 g/mol. The van der Waals surface area contributed by atoms with Gasteiger partial charge in [0.1, 0.15) is 5.54 Å². The normalized spacial score (nSPS) is 36.5. The lowest BCUT2D eigenvalue weighted by atomic mass is 9.99. The summed E-state index contributed by atoms with van der Waals surface area (Å²) in [7, 11) is 0. The zero-order chi connectivity index (χ0) is 14.9. The van der Waals surface area contributed by atoms with Gasteiger partial charge in [-0.15, -0.1) is 0 Å². The summed E-state index contributed by atoms with van der Waals surface area (Å²) in [4.78, 5) is 5.26. The van der Waals surface area contributed by atoms with Crippen LogP contribution >= 0.6 is 0 Å². The van der Waals surface area contributed by atoms with E-state index in [4.69, 9.17) is 0 Å². The van der Waals surface area contributed by atoms with E-state index in [0.29, 0.717) is 18.1 Å². The molecule has 1 N–H and O–H groups in total. The molecule has 4 heteroatoms. The maximum absolute atomic E-state index is 9.62. The molecule has 3 atom stereocenters. The molecular formula is C17H30N4. The van der Waals surface area contributed by atoms with Crippen molar-refractivity contribution in [2.24, 2.45) is 0 Å². The van der Waals surface area contributed by atoms with Crippen molar-refractivity contribution in [2.45, 2.75) is 76.0 Å². The average Bonchev–Trinajstić information content (AvgIpc) is 3.24. The van der Waals surface area contributed by atoms with Crippen molar-refractivity contribution in [3.8, 4) is 6.07 Å². The van der Waals surface area contributed by atoms with Crippen molar-refractivity contribution < 1.29 is 0 Å². The van der Waals surface area contributed by atoms with Crippen LogP contribution in [0.4, 0.5) is 0 Å². The van der Waals surface area contributed by atoms with E-state index >= 15 is 0 Å². The highest BCUT2D eigenvalue weighted by atomic mass is 15.3. The molecule has 1 saturated heterocycles. The quantitative estimate of drug-likeness (QED) is 0.840. The zero-order valence-electron chi connectivity index (χ0n) is 13.6. The molecule has 0 radical (unpaired) electrons. The monoisotopic (exact) mass is 290 g/mol. The zero-order valence-corrected chi connectivity index (χ0v) is 13.6. The van der Waals surface area contributed by atoms with Crippen molar-refractivity contribution in [2.75, 3.05) is 26.2 Å². The third-order valence-corrected chi connectivity index (χ3v) is 5.84. The van der Waals surface area contributed by atoms with Gasteiger partial charge in [0.15, 0.2) is 0 Å². The fourth-order valence-corrected chi connectivity index (χ4v) is 4.02. The maximum Gasteiger partial charge on any atom is 0.108 e. The van der Waals surface area contributed by atoms with E-state index in [1.54, 1.807) is 0 Å². The standard InChI is InChI=1S/C17H30N4/c1-3-14(2)20-8-10-21(11-9-20)16-6-7-17(12-16,13-18)19-15-4-5-15/h14-16,19H,3-12H2,1-2H3. The predicted molar refractivity (Wildman–Crippen MR) is 85.0 cm³/mol. The highest BCUT2D eigenvalue weighted by Crippen LogP contribution is 2.36. The number of hydrogen-bond acceptors (Lipinski definition) is 4. The second-order valence-electron chi connectivity index (χ2n) is 7.34. The predicted octanol–water partition coefficient (Wildman–Crippen LogP) is 1.97. The van der Waals surface area contributed by atoms with E-state index in [2.05, 4.69) is 35.0 Å². The van der Waals surface area contributed by atoms with Crippen molar-refractivity contribution in [1.29, 1.82) is 5.26 Å². The molecule has 3 fully saturated rings. The van der Waals surface area contributed by atoms with Crippen molar-refractivity contribution in [3.05, 3.63) is 0 Å². The van der Waals surface area contributed by atoms with Gasteiger partial charge in [-0.05, 0) is 45.4 Å². The molecule has 0 spiro atoms. The minimum atomic E-state index is -0.223. The molecule has 0 bridgehead atoms. The van der Waals surface area contributed by atoms with Gasteiger partial charge in [-0.2, -0.15) is 5.26 Å². The molecule has 3 rings (SSSR count). The Kier molecular flexibility index (Phi) is 4.54. The van der Waals surface area contributed by atoms with E-state index < -0.39 is 0 Å². The van der Waals surface area contributed by atoms with Gasteiger partial charge >= 0.3 is 0 Å². The van der Waals surface area contributed by atoms with Crippen molar-refractivity contribution in [3.63, 3.8) is 0 Å². The Morgan fingerprint density at radius 1 is 1.24 bits per heavy atom.